The van der Waals surface area contributed by atoms with E-state index in [-0.39, 0.29) is 0 Å². The second-order valence-electron chi connectivity index (χ2n) is 3.95. The number of rotatable bonds is 4. The predicted molar refractivity (Wildman–Crippen MR) is 86.4 cm³/mol. The van der Waals surface area contributed by atoms with Gasteiger partial charge in [-0.3, -0.25) is 0 Å². The molecule has 0 aliphatic carbocycles. The van der Waals surface area contributed by atoms with Crippen molar-refractivity contribution in [3.63, 3.8) is 0 Å². The molecule has 0 aliphatic heterocycles. The molecule has 2 aromatic rings. The van der Waals surface area contributed by atoms with Crippen LogP contribution in [0.4, 0.5) is 5.69 Å². The summed E-state index contributed by atoms with van der Waals surface area (Å²) in [6, 6.07) is 8.07. The quantitative estimate of drug-likeness (QED) is 0.824. The van der Waals surface area contributed by atoms with Gasteiger partial charge in [-0.05, 0) is 40.5 Å². The Hall–Kier alpha value is -0.910. The van der Waals surface area contributed by atoms with Crippen LogP contribution in [0.25, 0.3) is 0 Å². The van der Waals surface area contributed by atoms with Crippen LogP contribution in [0.3, 0.4) is 0 Å². The molecular formula is C13H13BrN2S2. The molecule has 0 radical (unpaired) electrons. The van der Waals surface area contributed by atoms with Crippen molar-refractivity contribution in [3.05, 3.63) is 50.1 Å². The molecule has 1 heterocycles. The number of halogens is 1. The maximum Gasteiger partial charge on any atom is 0.106 e. The molecule has 3 N–H and O–H groups in total. The largest absolute Gasteiger partial charge is 0.389 e. The molecule has 18 heavy (non-hydrogen) atoms. The number of benzene rings is 1. The summed E-state index contributed by atoms with van der Waals surface area (Å²) in [6.45, 7) is 2.82. The Morgan fingerprint density at radius 3 is 2.89 bits per heavy atom. The number of aryl methyl sites for hydroxylation is 1. The third-order valence-corrected chi connectivity index (χ3v) is 4.52. The van der Waals surface area contributed by atoms with E-state index in [9.17, 15) is 0 Å². The number of para-hydroxylation sites is 1. The summed E-state index contributed by atoms with van der Waals surface area (Å²) in [5, 5.41) is 5.49. The van der Waals surface area contributed by atoms with Crippen LogP contribution in [0.15, 0.2) is 34.1 Å². The summed E-state index contributed by atoms with van der Waals surface area (Å²) >= 11 is 10.2. The lowest BCUT2D eigenvalue weighted by molar-refractivity contribution is 1.17. The average Bonchev–Trinajstić information content (AvgIpc) is 2.73. The Morgan fingerprint density at radius 1 is 1.50 bits per heavy atom. The van der Waals surface area contributed by atoms with Crippen LogP contribution in [0.1, 0.15) is 16.0 Å². The molecule has 0 unspecified atom stereocenters. The van der Waals surface area contributed by atoms with Gasteiger partial charge in [-0.2, -0.15) is 0 Å². The molecule has 1 aromatic heterocycles. The highest BCUT2D eigenvalue weighted by atomic mass is 79.9. The normalized spacial score (nSPS) is 10.3. The lowest BCUT2D eigenvalue weighted by Gasteiger charge is -2.13. The molecule has 0 bridgehead atoms. The first kappa shape index (κ1) is 13.5. The monoisotopic (exact) mass is 340 g/mol. The Bertz CT molecular complexity index is 578. The van der Waals surface area contributed by atoms with E-state index in [1.807, 2.05) is 12.1 Å². The van der Waals surface area contributed by atoms with Crippen LogP contribution >= 0.6 is 39.5 Å². The molecule has 0 atom stereocenters. The van der Waals surface area contributed by atoms with Gasteiger partial charge in [0, 0.05) is 32.5 Å². The van der Waals surface area contributed by atoms with Gasteiger partial charge in [-0.1, -0.05) is 24.4 Å². The maximum atomic E-state index is 5.74. The van der Waals surface area contributed by atoms with Gasteiger partial charge in [0.25, 0.3) is 0 Å². The van der Waals surface area contributed by atoms with Crippen LogP contribution in [0, 0.1) is 6.92 Å². The van der Waals surface area contributed by atoms with Crippen molar-refractivity contribution >= 4 is 50.2 Å². The van der Waals surface area contributed by atoms with Gasteiger partial charge >= 0.3 is 0 Å². The van der Waals surface area contributed by atoms with Gasteiger partial charge in [0.05, 0.1) is 0 Å². The molecule has 0 amide bonds. The number of hydrogen-bond donors (Lipinski definition) is 2. The number of anilines is 1. The van der Waals surface area contributed by atoms with Gasteiger partial charge in [0.15, 0.2) is 0 Å². The Morgan fingerprint density at radius 2 is 2.28 bits per heavy atom. The SMILES string of the molecule is Cc1cccc(C(N)=S)c1NCc1cc(Br)cs1. The molecule has 94 valence electrons. The van der Waals surface area contributed by atoms with Crippen LogP contribution in [-0.4, -0.2) is 4.99 Å². The number of nitrogens with two attached hydrogens (primary N) is 1. The molecular weight excluding hydrogens is 328 g/mol. The van der Waals surface area contributed by atoms with Crippen LogP contribution < -0.4 is 11.1 Å². The topological polar surface area (TPSA) is 38.0 Å². The summed E-state index contributed by atoms with van der Waals surface area (Å²) in [7, 11) is 0. The summed E-state index contributed by atoms with van der Waals surface area (Å²) in [5.41, 5.74) is 8.82. The van der Waals surface area contributed by atoms with Crippen LogP contribution in [-0.2, 0) is 6.54 Å². The first-order chi connectivity index (χ1) is 8.58. The van der Waals surface area contributed by atoms with E-state index < -0.39 is 0 Å². The van der Waals surface area contributed by atoms with Crippen molar-refractivity contribution in [3.8, 4) is 0 Å². The highest BCUT2D eigenvalue weighted by Crippen LogP contribution is 2.24. The highest BCUT2D eigenvalue weighted by molar-refractivity contribution is 9.10. The smallest absolute Gasteiger partial charge is 0.106 e. The van der Waals surface area contributed by atoms with Crippen LogP contribution in [0.5, 0.6) is 0 Å². The summed E-state index contributed by atoms with van der Waals surface area (Å²) in [6.07, 6.45) is 0. The number of hydrogen-bond acceptors (Lipinski definition) is 3. The van der Waals surface area contributed by atoms with Gasteiger partial charge < -0.3 is 11.1 Å². The fourth-order valence-electron chi connectivity index (χ4n) is 1.73. The summed E-state index contributed by atoms with van der Waals surface area (Å²) in [4.78, 5) is 1.69. The standard InChI is InChI=1S/C13H13BrN2S2/c1-8-3-2-4-11(13(15)17)12(8)16-6-10-5-9(14)7-18-10/h2-5,7,16H,6H2,1H3,(H2,15,17). The van der Waals surface area contributed by atoms with E-state index in [4.69, 9.17) is 18.0 Å². The zero-order valence-electron chi connectivity index (χ0n) is 9.87. The number of nitrogens with one attached hydrogen (secondary N) is 1. The van der Waals surface area contributed by atoms with Crippen LogP contribution in [0.2, 0.25) is 0 Å². The molecule has 0 saturated heterocycles. The summed E-state index contributed by atoms with van der Waals surface area (Å²) in [5.74, 6) is 0. The Kier molecular flexibility index (Phi) is 4.37. The van der Waals surface area contributed by atoms with Crippen molar-refractivity contribution in [2.24, 2.45) is 5.73 Å². The predicted octanol–water partition coefficient (Wildman–Crippen LogP) is 4.07. The molecule has 5 heteroatoms. The fraction of sp³-hybridized carbons (Fsp3) is 0.154. The van der Waals surface area contributed by atoms with Crippen molar-refractivity contribution in [2.45, 2.75) is 13.5 Å². The first-order valence-corrected chi connectivity index (χ1v) is 7.52. The minimum Gasteiger partial charge on any atom is -0.389 e. The fourth-order valence-corrected chi connectivity index (χ4v) is 3.29. The molecule has 0 fully saturated rings. The van der Waals surface area contributed by atoms with Crippen molar-refractivity contribution < 1.29 is 0 Å². The van der Waals surface area contributed by atoms with Gasteiger partial charge in [0.1, 0.15) is 4.99 Å². The minimum absolute atomic E-state index is 0.425. The Labute approximate surface area is 124 Å². The third kappa shape index (κ3) is 3.10. The highest BCUT2D eigenvalue weighted by Gasteiger charge is 2.08. The van der Waals surface area contributed by atoms with E-state index in [0.29, 0.717) is 4.99 Å². The van der Waals surface area contributed by atoms with Gasteiger partial charge in [-0.15, -0.1) is 11.3 Å². The first-order valence-electron chi connectivity index (χ1n) is 5.44. The lowest BCUT2D eigenvalue weighted by atomic mass is 10.1. The molecule has 0 spiro atoms. The zero-order chi connectivity index (χ0) is 13.1. The Balaban J connectivity index is 2.20. The molecule has 0 saturated carbocycles. The van der Waals surface area contributed by atoms with Crippen molar-refractivity contribution in [2.75, 3.05) is 5.32 Å². The number of thiophene rings is 1. The molecule has 2 rings (SSSR count). The van der Waals surface area contributed by atoms with Crippen molar-refractivity contribution in [1.82, 2.24) is 0 Å². The van der Waals surface area contributed by atoms with E-state index in [1.165, 1.54) is 4.88 Å². The molecule has 2 nitrogen and oxygen atoms in total. The maximum absolute atomic E-state index is 5.74. The molecule has 0 aliphatic rings. The molecule has 1 aromatic carbocycles. The van der Waals surface area contributed by atoms with E-state index >= 15 is 0 Å². The second-order valence-corrected chi connectivity index (χ2v) is 6.30. The van der Waals surface area contributed by atoms with Gasteiger partial charge in [0.2, 0.25) is 0 Å². The van der Waals surface area contributed by atoms with E-state index in [0.717, 1.165) is 27.8 Å². The summed E-state index contributed by atoms with van der Waals surface area (Å²) < 4.78 is 1.11. The second kappa shape index (κ2) is 5.82. The number of thiocarbonyl (C=S) groups is 1. The van der Waals surface area contributed by atoms with Crippen molar-refractivity contribution in [1.29, 1.82) is 0 Å². The minimum atomic E-state index is 0.425. The average molecular weight is 341 g/mol. The zero-order valence-corrected chi connectivity index (χ0v) is 13.1. The van der Waals surface area contributed by atoms with Gasteiger partial charge in [-0.25, -0.2) is 0 Å². The van der Waals surface area contributed by atoms with E-state index in [1.54, 1.807) is 11.3 Å². The lowest BCUT2D eigenvalue weighted by Crippen LogP contribution is -2.13. The third-order valence-electron chi connectivity index (χ3n) is 2.60. The van der Waals surface area contributed by atoms with E-state index in [2.05, 4.69) is 45.7 Å².